The van der Waals surface area contributed by atoms with E-state index in [0.29, 0.717) is 47.2 Å². The van der Waals surface area contributed by atoms with Gasteiger partial charge in [0.2, 0.25) is 65.0 Å². The lowest BCUT2D eigenvalue weighted by Gasteiger charge is -2.31. The number of aliphatic hydroxyl groups is 2. The van der Waals surface area contributed by atoms with Crippen LogP contribution in [0.2, 0.25) is 0 Å². The van der Waals surface area contributed by atoms with Crippen molar-refractivity contribution in [2.24, 2.45) is 56.2 Å². The molecular weight excluding hydrogens is 1390 g/mol. The predicted molar refractivity (Wildman–Crippen MR) is 393 cm³/mol. The fourth-order valence-corrected chi connectivity index (χ4v) is 12.2. The van der Waals surface area contributed by atoms with Gasteiger partial charge in [0.25, 0.3) is 0 Å². The maximum atomic E-state index is 14.8. The average Bonchev–Trinajstić information content (AvgIpc) is 1.63. The number of benzene rings is 1. The molecule has 0 bridgehead atoms. The van der Waals surface area contributed by atoms with Crippen molar-refractivity contribution >= 4 is 130 Å². The number of aliphatic carboxylic acids is 1. The predicted octanol–water partition coefficient (Wildman–Crippen LogP) is -4.68. The van der Waals surface area contributed by atoms with Crippen LogP contribution in [-0.2, 0) is 64.0 Å². The second-order valence-corrected chi connectivity index (χ2v) is 27.7. The van der Waals surface area contributed by atoms with Crippen LogP contribution in [-0.4, -0.2) is 250 Å². The van der Waals surface area contributed by atoms with Crippen LogP contribution in [0.3, 0.4) is 0 Å². The van der Waals surface area contributed by atoms with Gasteiger partial charge in [-0.05, 0) is 131 Å². The third-order valence-electron chi connectivity index (χ3n) is 16.5. The minimum atomic E-state index is -1.81. The first-order valence-corrected chi connectivity index (χ1v) is 37.4. The van der Waals surface area contributed by atoms with Crippen molar-refractivity contribution < 1.29 is 72.9 Å². The highest BCUT2D eigenvalue weighted by molar-refractivity contribution is 7.98. The van der Waals surface area contributed by atoms with Gasteiger partial charge in [-0.15, -0.1) is 0 Å². The molecule has 1 fully saturated rings. The van der Waals surface area contributed by atoms with Gasteiger partial charge < -0.3 is 113 Å². The van der Waals surface area contributed by atoms with Gasteiger partial charge in [0, 0.05) is 48.9 Å². The summed E-state index contributed by atoms with van der Waals surface area (Å²) in [7, 11) is 0. The SMILES string of the molecule is CSCC[C@H](NC(=O)[C@H](N)CC(C)C)C(=O)N[C@@H](CCCN=C(N)N)C(=O)N[C@@H](Cc1c[nH]c2ccccc12)C(=O)N[C@@H](CO)C(=O)N[C@@H](CCCN=C(N)N)C(=O)N[C@@H](CCCCN)C(=O)N[C@@H](CCSC)C(=O)N1CCC[C@H]1C(=O)N[C@@H](CS)C(=O)N[C@H](C(=O)N[C@@H](CO)C(=O)O)C(C)C. The Balaban J connectivity index is 1.98. The monoisotopic (exact) mass is 1490 g/mol. The second-order valence-electron chi connectivity index (χ2n) is 25.4. The van der Waals surface area contributed by atoms with Crippen molar-refractivity contribution in [1.29, 1.82) is 0 Å². The number of nitrogens with zero attached hydrogens (tertiary/aromatic N) is 3. The van der Waals surface area contributed by atoms with Gasteiger partial charge >= 0.3 is 5.97 Å². The number of aliphatic imine (C=N–C) groups is 2. The lowest BCUT2D eigenvalue weighted by atomic mass is 10.0. The van der Waals surface area contributed by atoms with Gasteiger partial charge in [0.15, 0.2) is 11.9 Å². The number of para-hydroxylation sites is 1. The zero-order valence-corrected chi connectivity index (χ0v) is 61.4. The van der Waals surface area contributed by atoms with Crippen molar-refractivity contribution in [3.63, 3.8) is 0 Å². The van der Waals surface area contributed by atoms with Gasteiger partial charge in [-0.3, -0.25) is 62.7 Å². The summed E-state index contributed by atoms with van der Waals surface area (Å²) in [6, 6.07) is -9.28. The van der Waals surface area contributed by atoms with Crippen molar-refractivity contribution in [1.82, 2.24) is 63.1 Å². The molecular formula is C64H108N20O15S3. The Kier molecular flexibility index (Phi) is 40.1. The zero-order chi connectivity index (χ0) is 76.2. The van der Waals surface area contributed by atoms with Gasteiger partial charge in [0.1, 0.15) is 66.5 Å². The molecule has 1 aliphatic heterocycles. The lowest BCUT2D eigenvalue weighted by molar-refractivity contribution is -0.144. The highest BCUT2D eigenvalue weighted by Gasteiger charge is 2.41. The lowest BCUT2D eigenvalue weighted by Crippen LogP contribution is -2.61. The fraction of sp³-hybridized carbons (Fsp3) is 0.656. The van der Waals surface area contributed by atoms with E-state index in [9.17, 15) is 72.9 Å². The molecule has 0 unspecified atom stereocenters. The van der Waals surface area contributed by atoms with E-state index in [4.69, 9.17) is 34.4 Å². The third-order valence-corrected chi connectivity index (χ3v) is 18.2. The van der Waals surface area contributed by atoms with E-state index in [-0.39, 0.29) is 114 Å². The van der Waals surface area contributed by atoms with E-state index in [1.807, 2.05) is 20.1 Å². The van der Waals surface area contributed by atoms with Crippen LogP contribution in [0.5, 0.6) is 0 Å². The highest BCUT2D eigenvalue weighted by atomic mass is 32.2. The molecule has 38 heteroatoms. The minimum Gasteiger partial charge on any atom is -0.480 e. The van der Waals surface area contributed by atoms with E-state index in [2.05, 4.69) is 80.8 Å². The largest absolute Gasteiger partial charge is 0.480 e. The average molecular weight is 1490 g/mol. The molecule has 12 atom stereocenters. The molecule has 2 aromatic rings. The van der Waals surface area contributed by atoms with Crippen molar-refractivity contribution in [3.05, 3.63) is 36.0 Å². The number of carbonyl (C=O) groups is 12. The van der Waals surface area contributed by atoms with E-state index < -0.39 is 163 Å². The van der Waals surface area contributed by atoms with Gasteiger partial charge in [-0.2, -0.15) is 36.2 Å². The molecule has 0 aliphatic carbocycles. The van der Waals surface area contributed by atoms with Crippen LogP contribution >= 0.6 is 36.2 Å². The number of hydrogen-bond acceptors (Lipinski definition) is 21. The molecule has 0 spiro atoms. The maximum absolute atomic E-state index is 14.8. The number of thioether (sulfide) groups is 2. The highest BCUT2D eigenvalue weighted by Crippen LogP contribution is 2.23. The van der Waals surface area contributed by atoms with Crippen LogP contribution < -0.4 is 87.6 Å². The molecule has 1 aliphatic rings. The molecule has 1 saturated heterocycles. The summed E-state index contributed by atoms with van der Waals surface area (Å²) in [6.45, 7) is 5.25. The number of H-pyrrole nitrogens is 1. The van der Waals surface area contributed by atoms with Crippen LogP contribution in [0.1, 0.15) is 110 Å². The Morgan fingerprint density at radius 2 is 1.05 bits per heavy atom. The molecule has 35 nitrogen and oxygen atoms in total. The van der Waals surface area contributed by atoms with E-state index in [0.717, 1.165) is 0 Å². The smallest absolute Gasteiger partial charge is 0.328 e. The molecule has 11 amide bonds. The van der Waals surface area contributed by atoms with Crippen LogP contribution in [0.4, 0.5) is 0 Å². The summed E-state index contributed by atoms with van der Waals surface area (Å²) in [4.78, 5) is 180. The number of unbranched alkanes of at least 4 members (excludes halogenated alkanes) is 1. The first-order valence-electron chi connectivity index (χ1n) is 33.9. The number of carboxylic acid groups (broad SMARTS) is 1. The summed E-state index contributed by atoms with van der Waals surface area (Å²) < 4.78 is 0. The van der Waals surface area contributed by atoms with E-state index in [1.54, 1.807) is 50.6 Å². The molecule has 1 aromatic carbocycles. The number of aromatic nitrogens is 1. The number of thiol groups is 1. The number of guanidine groups is 2. The number of carboxylic acids is 1. The Labute approximate surface area is 608 Å². The molecule has 2 heterocycles. The summed E-state index contributed by atoms with van der Waals surface area (Å²) in [6.07, 6.45) is 6.63. The van der Waals surface area contributed by atoms with Gasteiger partial charge in [-0.1, -0.05) is 45.9 Å². The van der Waals surface area contributed by atoms with Crippen molar-refractivity contribution in [2.45, 2.75) is 184 Å². The number of fused-ring (bicyclic) bond motifs is 1. The number of rotatable bonds is 48. The molecule has 1 aromatic heterocycles. The number of likely N-dealkylation sites (tertiary alicyclic amines) is 1. The standard InChI is InChI=1S/C64H108N20O15S3/c1-34(2)28-38(66)51(87)74-43(20-26-101-5)55(91)76-42(18-12-24-72-64(69)70)54(90)79-45(29-36-30-73-39-15-8-7-14-37(36)39)56(92)80-46(31-85)57(93)77-41(17-11-23-71-63(67)68)52(88)75-40(16-9-10-22-65)53(89)78-44(21-27-102-6)61(97)84-25-13-19-49(84)59(95)82-48(33-100)58(94)83-50(35(3)4)60(96)81-47(32-86)62(98)99/h7-8,14-15,30,34-35,38,40-50,73,85-86,100H,9-13,16-29,31-33,65-66H2,1-6H3,(H,74,87)(H,75,88)(H,76,91)(H,77,93)(H,78,89)(H,79,90)(H,80,92)(H,81,96)(H,82,95)(H,83,94)(H,98,99)(H4,67,68,71)(H4,69,70,72)/t38-,40+,41+,42+,43+,44+,45+,46+,47+,48+,49+,50+/m1/s1. The Morgan fingerprint density at radius 3 is 1.55 bits per heavy atom. The number of hydrogen-bond donors (Lipinski definition) is 21. The molecule has 102 heavy (non-hydrogen) atoms. The number of nitrogens with two attached hydrogens (primary N) is 6. The first-order chi connectivity index (χ1) is 48.4. The van der Waals surface area contributed by atoms with Crippen molar-refractivity contribution in [2.75, 3.05) is 69.2 Å². The van der Waals surface area contributed by atoms with Crippen LogP contribution in [0.15, 0.2) is 40.4 Å². The first kappa shape index (κ1) is 88.0. The zero-order valence-electron chi connectivity index (χ0n) is 58.8. The van der Waals surface area contributed by atoms with Crippen LogP contribution in [0.25, 0.3) is 10.9 Å². The maximum Gasteiger partial charge on any atom is 0.328 e. The number of aromatic amines is 1. The third kappa shape index (κ3) is 30.0. The van der Waals surface area contributed by atoms with E-state index >= 15 is 0 Å². The normalized spacial score (nSPS) is 16.0. The van der Waals surface area contributed by atoms with Gasteiger partial charge in [0.05, 0.1) is 19.3 Å². The van der Waals surface area contributed by atoms with Crippen molar-refractivity contribution in [3.8, 4) is 0 Å². The Bertz CT molecular complexity index is 3160. The Hall–Kier alpha value is -8.17. The summed E-state index contributed by atoms with van der Waals surface area (Å²) in [5.41, 5.74) is 35.6. The topological polar surface area (TPSA) is 586 Å². The fourth-order valence-electron chi connectivity index (χ4n) is 11.0. The summed E-state index contributed by atoms with van der Waals surface area (Å²) in [5, 5.41) is 56.4. The number of carbonyl (C=O) groups excluding carboxylic acids is 11. The van der Waals surface area contributed by atoms with Gasteiger partial charge in [-0.25, -0.2) is 4.79 Å². The van der Waals surface area contributed by atoms with E-state index in [1.165, 1.54) is 28.4 Å². The molecule has 0 saturated carbocycles. The molecule has 3 rings (SSSR count). The molecule has 572 valence electrons. The second kappa shape index (κ2) is 46.4. The minimum absolute atomic E-state index is 0.0301. The van der Waals surface area contributed by atoms with Crippen LogP contribution in [0, 0.1) is 11.8 Å². The number of aliphatic hydroxyl groups excluding tert-OH is 2. The molecule has 0 radical (unpaired) electrons. The quantitative estimate of drug-likeness (QED) is 0.0128. The number of amides is 11. The Morgan fingerprint density at radius 1 is 0.588 bits per heavy atom. The molecule has 26 N–H and O–H groups in total. The summed E-state index contributed by atoms with van der Waals surface area (Å²) >= 11 is 7.04. The number of nitrogens with one attached hydrogen (secondary N) is 11. The summed E-state index contributed by atoms with van der Waals surface area (Å²) in [5.74, 6) is -11.2.